The van der Waals surface area contributed by atoms with Crippen LogP contribution in [0.1, 0.15) is 18.1 Å². The molecule has 0 aliphatic rings. The maximum atomic E-state index is 4.21. The second-order valence-electron chi connectivity index (χ2n) is 3.16. The van der Waals surface area contributed by atoms with Gasteiger partial charge in [0.2, 0.25) is 0 Å². The largest absolute Gasteiger partial charge is 0.244 e. The van der Waals surface area contributed by atoms with E-state index in [0.717, 1.165) is 11.9 Å². The number of fused-ring (bicyclic) bond motifs is 1. The fraction of sp³-hybridized carbons (Fsp3) is 0.273. The van der Waals surface area contributed by atoms with Crippen LogP contribution in [0.5, 0.6) is 0 Å². The molecule has 0 atom stereocenters. The van der Waals surface area contributed by atoms with Crippen molar-refractivity contribution in [2.45, 2.75) is 20.3 Å². The first-order valence-electron chi connectivity index (χ1n) is 4.51. The molecule has 0 N–H and O–H groups in total. The van der Waals surface area contributed by atoms with Crippen LogP contribution in [0.15, 0.2) is 24.7 Å². The van der Waals surface area contributed by atoms with Gasteiger partial charge in [0, 0.05) is 11.6 Å². The van der Waals surface area contributed by atoms with E-state index in [0.29, 0.717) is 0 Å². The van der Waals surface area contributed by atoms with Crippen molar-refractivity contribution < 1.29 is 0 Å². The highest BCUT2D eigenvalue weighted by Gasteiger charge is 2.01. The van der Waals surface area contributed by atoms with Crippen LogP contribution in [-0.4, -0.2) is 9.97 Å². The molecule has 1 aromatic heterocycles. The highest BCUT2D eigenvalue weighted by molar-refractivity contribution is 5.82. The Morgan fingerprint density at radius 1 is 1.31 bits per heavy atom. The Morgan fingerprint density at radius 3 is 2.92 bits per heavy atom. The summed E-state index contributed by atoms with van der Waals surface area (Å²) < 4.78 is 0. The summed E-state index contributed by atoms with van der Waals surface area (Å²) in [5, 5.41) is 1.17. The van der Waals surface area contributed by atoms with E-state index in [4.69, 9.17) is 0 Å². The van der Waals surface area contributed by atoms with Crippen molar-refractivity contribution in [3.05, 3.63) is 35.8 Å². The summed E-state index contributed by atoms with van der Waals surface area (Å²) in [5.74, 6) is 0. The molecule has 0 aliphatic heterocycles. The molecule has 0 aliphatic carbocycles. The lowest BCUT2D eigenvalue weighted by Crippen LogP contribution is -1.90. The van der Waals surface area contributed by atoms with Gasteiger partial charge in [0.1, 0.15) is 6.33 Å². The Labute approximate surface area is 77.6 Å². The Morgan fingerprint density at radius 2 is 2.15 bits per heavy atom. The Bertz CT molecular complexity index is 435. The summed E-state index contributed by atoms with van der Waals surface area (Å²) in [5.41, 5.74) is 3.72. The van der Waals surface area contributed by atoms with Gasteiger partial charge in [-0.25, -0.2) is 9.97 Å². The van der Waals surface area contributed by atoms with E-state index in [1.165, 1.54) is 16.5 Å². The summed E-state index contributed by atoms with van der Waals surface area (Å²) in [6.45, 7) is 4.29. The molecule has 0 spiro atoms. The normalized spacial score (nSPS) is 10.6. The SMILES string of the molecule is CCc1ccc2ncncc2c1C. The van der Waals surface area contributed by atoms with Crippen LogP contribution in [0, 0.1) is 6.92 Å². The van der Waals surface area contributed by atoms with Crippen LogP contribution in [-0.2, 0) is 6.42 Å². The number of nitrogens with zero attached hydrogens (tertiary/aromatic N) is 2. The third-order valence-electron chi connectivity index (χ3n) is 2.45. The van der Waals surface area contributed by atoms with E-state index in [9.17, 15) is 0 Å². The Hall–Kier alpha value is -1.44. The predicted molar refractivity (Wildman–Crippen MR) is 53.7 cm³/mol. The maximum absolute atomic E-state index is 4.21. The Kier molecular flexibility index (Phi) is 1.97. The molecule has 0 amide bonds. The fourth-order valence-corrected chi connectivity index (χ4v) is 1.62. The van der Waals surface area contributed by atoms with Gasteiger partial charge in [-0.1, -0.05) is 13.0 Å². The molecule has 13 heavy (non-hydrogen) atoms. The summed E-state index contributed by atoms with van der Waals surface area (Å²) in [4.78, 5) is 8.24. The molecular weight excluding hydrogens is 160 g/mol. The van der Waals surface area contributed by atoms with E-state index >= 15 is 0 Å². The minimum absolute atomic E-state index is 1.03. The van der Waals surface area contributed by atoms with Gasteiger partial charge >= 0.3 is 0 Å². The van der Waals surface area contributed by atoms with Gasteiger partial charge in [-0.2, -0.15) is 0 Å². The summed E-state index contributed by atoms with van der Waals surface area (Å²) in [6.07, 6.45) is 4.54. The second-order valence-corrected chi connectivity index (χ2v) is 3.16. The van der Waals surface area contributed by atoms with Crippen molar-refractivity contribution in [3.8, 4) is 0 Å². The zero-order valence-electron chi connectivity index (χ0n) is 7.91. The molecule has 1 aromatic carbocycles. The van der Waals surface area contributed by atoms with Gasteiger partial charge < -0.3 is 0 Å². The quantitative estimate of drug-likeness (QED) is 0.660. The number of hydrogen-bond acceptors (Lipinski definition) is 2. The van der Waals surface area contributed by atoms with Crippen molar-refractivity contribution in [1.82, 2.24) is 9.97 Å². The van der Waals surface area contributed by atoms with E-state index in [1.807, 2.05) is 6.20 Å². The van der Waals surface area contributed by atoms with Crippen LogP contribution in [0.2, 0.25) is 0 Å². The van der Waals surface area contributed by atoms with Crippen molar-refractivity contribution in [2.24, 2.45) is 0 Å². The molecule has 0 fully saturated rings. The number of aromatic nitrogens is 2. The van der Waals surface area contributed by atoms with E-state index in [1.54, 1.807) is 6.33 Å². The molecule has 1 heterocycles. The van der Waals surface area contributed by atoms with Crippen molar-refractivity contribution in [1.29, 1.82) is 0 Å². The average molecular weight is 172 g/mol. The van der Waals surface area contributed by atoms with Crippen molar-refractivity contribution in [3.63, 3.8) is 0 Å². The first kappa shape index (κ1) is 8.17. The highest BCUT2D eigenvalue weighted by atomic mass is 14.8. The predicted octanol–water partition coefficient (Wildman–Crippen LogP) is 2.50. The van der Waals surface area contributed by atoms with Crippen molar-refractivity contribution in [2.75, 3.05) is 0 Å². The molecule has 0 unspecified atom stereocenters. The molecule has 2 aromatic rings. The molecule has 0 saturated heterocycles. The fourth-order valence-electron chi connectivity index (χ4n) is 1.62. The zero-order valence-corrected chi connectivity index (χ0v) is 7.91. The van der Waals surface area contributed by atoms with Crippen LogP contribution >= 0.6 is 0 Å². The minimum atomic E-state index is 1.03. The summed E-state index contributed by atoms with van der Waals surface area (Å²) in [6, 6.07) is 4.20. The standard InChI is InChI=1S/C11H12N2/c1-3-9-4-5-11-10(8(9)2)6-12-7-13-11/h4-7H,3H2,1-2H3. The summed E-state index contributed by atoms with van der Waals surface area (Å²) >= 11 is 0. The van der Waals surface area contributed by atoms with Crippen LogP contribution < -0.4 is 0 Å². The van der Waals surface area contributed by atoms with Gasteiger partial charge in [-0.3, -0.25) is 0 Å². The maximum Gasteiger partial charge on any atom is 0.116 e. The number of benzene rings is 1. The molecule has 0 bridgehead atoms. The lowest BCUT2D eigenvalue weighted by molar-refractivity contribution is 1.11. The molecule has 2 nitrogen and oxygen atoms in total. The highest BCUT2D eigenvalue weighted by Crippen LogP contribution is 2.19. The monoisotopic (exact) mass is 172 g/mol. The lowest BCUT2D eigenvalue weighted by Gasteiger charge is -2.05. The molecular formula is C11H12N2. The average Bonchev–Trinajstić information content (AvgIpc) is 2.19. The van der Waals surface area contributed by atoms with Crippen molar-refractivity contribution >= 4 is 10.9 Å². The topological polar surface area (TPSA) is 25.8 Å². The van der Waals surface area contributed by atoms with Gasteiger partial charge in [-0.15, -0.1) is 0 Å². The number of rotatable bonds is 1. The minimum Gasteiger partial charge on any atom is -0.244 e. The molecule has 0 radical (unpaired) electrons. The number of hydrogen-bond donors (Lipinski definition) is 0. The third kappa shape index (κ3) is 1.28. The third-order valence-corrected chi connectivity index (χ3v) is 2.45. The van der Waals surface area contributed by atoms with Gasteiger partial charge in [0.05, 0.1) is 5.52 Å². The van der Waals surface area contributed by atoms with Crippen LogP contribution in [0.3, 0.4) is 0 Å². The molecule has 0 saturated carbocycles. The van der Waals surface area contributed by atoms with Gasteiger partial charge in [0.15, 0.2) is 0 Å². The first-order valence-corrected chi connectivity index (χ1v) is 4.51. The smallest absolute Gasteiger partial charge is 0.116 e. The molecule has 2 heteroatoms. The van der Waals surface area contributed by atoms with E-state index in [-0.39, 0.29) is 0 Å². The lowest BCUT2D eigenvalue weighted by atomic mass is 10.0. The van der Waals surface area contributed by atoms with E-state index < -0.39 is 0 Å². The van der Waals surface area contributed by atoms with Crippen LogP contribution in [0.25, 0.3) is 10.9 Å². The Balaban J connectivity index is 2.79. The summed E-state index contributed by atoms with van der Waals surface area (Å²) in [7, 11) is 0. The zero-order chi connectivity index (χ0) is 9.26. The molecule has 2 rings (SSSR count). The van der Waals surface area contributed by atoms with Crippen LogP contribution in [0.4, 0.5) is 0 Å². The van der Waals surface area contributed by atoms with E-state index in [2.05, 4.69) is 35.9 Å². The first-order chi connectivity index (χ1) is 6.33. The second kappa shape index (κ2) is 3.13. The molecule has 66 valence electrons. The number of aryl methyl sites for hydroxylation is 2. The van der Waals surface area contributed by atoms with Gasteiger partial charge in [-0.05, 0) is 30.5 Å². The van der Waals surface area contributed by atoms with Gasteiger partial charge in [0.25, 0.3) is 0 Å².